The van der Waals surface area contributed by atoms with Gasteiger partial charge in [-0.1, -0.05) is 5.16 Å². The maximum Gasteiger partial charge on any atom is 0.150 e. The Labute approximate surface area is 82.9 Å². The zero-order valence-electron chi connectivity index (χ0n) is 8.32. The summed E-state index contributed by atoms with van der Waals surface area (Å²) in [6.07, 6.45) is 1.69. The molecule has 0 spiro atoms. The highest BCUT2D eigenvalue weighted by molar-refractivity contribution is 5.81. The fraction of sp³-hybridized carbons (Fsp3) is 0.600. The van der Waals surface area contributed by atoms with Gasteiger partial charge in [0.1, 0.15) is 5.78 Å². The topological polar surface area (TPSA) is 46.3 Å². The number of rotatable bonds is 2. The van der Waals surface area contributed by atoms with Crippen molar-refractivity contribution in [2.24, 2.45) is 0 Å². The molecule has 14 heavy (non-hydrogen) atoms. The first-order valence-corrected chi connectivity index (χ1v) is 4.90. The summed E-state index contributed by atoms with van der Waals surface area (Å²) in [5.74, 6) is 1.17. The SMILES string of the molecule is Cc1cc(CN2CCCC(=O)C2)on1. The van der Waals surface area contributed by atoms with Crippen molar-refractivity contribution in [1.82, 2.24) is 10.1 Å². The molecule has 4 heteroatoms. The third kappa shape index (κ3) is 2.20. The zero-order valence-corrected chi connectivity index (χ0v) is 8.32. The Morgan fingerprint density at radius 1 is 1.64 bits per heavy atom. The summed E-state index contributed by atoms with van der Waals surface area (Å²) < 4.78 is 5.10. The van der Waals surface area contributed by atoms with Gasteiger partial charge in [-0.15, -0.1) is 0 Å². The summed E-state index contributed by atoms with van der Waals surface area (Å²) in [5.41, 5.74) is 0.892. The van der Waals surface area contributed by atoms with Gasteiger partial charge in [0.25, 0.3) is 0 Å². The van der Waals surface area contributed by atoms with E-state index in [1.54, 1.807) is 0 Å². The first-order valence-electron chi connectivity index (χ1n) is 4.90. The van der Waals surface area contributed by atoms with E-state index in [0.717, 1.165) is 30.8 Å². The van der Waals surface area contributed by atoms with Crippen LogP contribution in [0.5, 0.6) is 0 Å². The Kier molecular flexibility index (Phi) is 2.63. The van der Waals surface area contributed by atoms with Gasteiger partial charge in [0, 0.05) is 12.5 Å². The van der Waals surface area contributed by atoms with Gasteiger partial charge in [0.2, 0.25) is 0 Å². The lowest BCUT2D eigenvalue weighted by Crippen LogP contribution is -2.34. The lowest BCUT2D eigenvalue weighted by atomic mass is 10.1. The van der Waals surface area contributed by atoms with Crippen LogP contribution in [0.25, 0.3) is 0 Å². The molecular formula is C10H14N2O2. The molecule has 1 aliphatic heterocycles. The van der Waals surface area contributed by atoms with Crippen LogP contribution >= 0.6 is 0 Å². The van der Waals surface area contributed by atoms with Crippen molar-refractivity contribution in [2.45, 2.75) is 26.3 Å². The third-order valence-electron chi connectivity index (χ3n) is 2.39. The minimum absolute atomic E-state index is 0.326. The first kappa shape index (κ1) is 9.40. The number of piperidine rings is 1. The van der Waals surface area contributed by atoms with E-state index < -0.39 is 0 Å². The molecular weight excluding hydrogens is 180 g/mol. The number of hydrogen-bond acceptors (Lipinski definition) is 4. The van der Waals surface area contributed by atoms with Crippen molar-refractivity contribution in [3.8, 4) is 0 Å². The van der Waals surface area contributed by atoms with Crippen LogP contribution in [0.4, 0.5) is 0 Å². The molecule has 0 aromatic carbocycles. The van der Waals surface area contributed by atoms with Gasteiger partial charge in [-0.2, -0.15) is 0 Å². The van der Waals surface area contributed by atoms with Crippen molar-refractivity contribution >= 4 is 5.78 Å². The molecule has 4 nitrogen and oxygen atoms in total. The molecule has 76 valence electrons. The Morgan fingerprint density at radius 3 is 3.14 bits per heavy atom. The molecule has 0 radical (unpaired) electrons. The van der Waals surface area contributed by atoms with Crippen LogP contribution in [0.2, 0.25) is 0 Å². The Hall–Kier alpha value is -1.16. The van der Waals surface area contributed by atoms with E-state index in [0.29, 0.717) is 18.9 Å². The highest BCUT2D eigenvalue weighted by Crippen LogP contribution is 2.11. The molecule has 0 bridgehead atoms. The maximum atomic E-state index is 11.2. The highest BCUT2D eigenvalue weighted by atomic mass is 16.5. The van der Waals surface area contributed by atoms with E-state index in [1.165, 1.54) is 0 Å². The van der Waals surface area contributed by atoms with Crippen molar-refractivity contribution in [3.63, 3.8) is 0 Å². The average Bonchev–Trinajstić information content (AvgIpc) is 2.51. The van der Waals surface area contributed by atoms with E-state index in [4.69, 9.17) is 4.52 Å². The Morgan fingerprint density at radius 2 is 2.50 bits per heavy atom. The number of carbonyl (C=O) groups excluding carboxylic acids is 1. The number of ketones is 1. The van der Waals surface area contributed by atoms with Crippen LogP contribution in [0, 0.1) is 6.92 Å². The summed E-state index contributed by atoms with van der Waals surface area (Å²) in [5, 5.41) is 3.81. The van der Waals surface area contributed by atoms with Gasteiger partial charge < -0.3 is 4.52 Å². The minimum atomic E-state index is 0.326. The van der Waals surface area contributed by atoms with E-state index in [9.17, 15) is 4.79 Å². The molecule has 0 unspecified atom stereocenters. The van der Waals surface area contributed by atoms with Crippen LogP contribution in [-0.4, -0.2) is 28.9 Å². The first-order chi connectivity index (χ1) is 6.74. The smallest absolute Gasteiger partial charge is 0.150 e. The minimum Gasteiger partial charge on any atom is -0.360 e. The van der Waals surface area contributed by atoms with Gasteiger partial charge >= 0.3 is 0 Å². The molecule has 1 aliphatic rings. The van der Waals surface area contributed by atoms with Crippen molar-refractivity contribution < 1.29 is 9.32 Å². The van der Waals surface area contributed by atoms with Gasteiger partial charge in [0.15, 0.2) is 5.76 Å². The van der Waals surface area contributed by atoms with Crippen molar-refractivity contribution in [1.29, 1.82) is 0 Å². The molecule has 1 saturated heterocycles. The molecule has 1 aromatic heterocycles. The van der Waals surface area contributed by atoms with Crippen LogP contribution in [-0.2, 0) is 11.3 Å². The lowest BCUT2D eigenvalue weighted by Gasteiger charge is -2.23. The average molecular weight is 194 g/mol. The van der Waals surface area contributed by atoms with Gasteiger partial charge in [-0.25, -0.2) is 0 Å². The van der Waals surface area contributed by atoms with E-state index in [-0.39, 0.29) is 0 Å². The van der Waals surface area contributed by atoms with Gasteiger partial charge in [-0.3, -0.25) is 9.69 Å². The van der Waals surface area contributed by atoms with Crippen LogP contribution in [0.15, 0.2) is 10.6 Å². The van der Waals surface area contributed by atoms with Crippen molar-refractivity contribution in [3.05, 3.63) is 17.5 Å². The van der Waals surface area contributed by atoms with Crippen LogP contribution < -0.4 is 0 Å². The summed E-state index contributed by atoms with van der Waals surface area (Å²) in [7, 11) is 0. The fourth-order valence-electron chi connectivity index (χ4n) is 1.75. The van der Waals surface area contributed by atoms with E-state index >= 15 is 0 Å². The van der Waals surface area contributed by atoms with Gasteiger partial charge in [0.05, 0.1) is 18.8 Å². The number of nitrogens with zero attached hydrogens (tertiary/aromatic N) is 2. The van der Waals surface area contributed by atoms with Crippen molar-refractivity contribution in [2.75, 3.05) is 13.1 Å². The number of carbonyl (C=O) groups is 1. The molecule has 2 rings (SSSR count). The number of aromatic nitrogens is 1. The van der Waals surface area contributed by atoms with E-state index in [2.05, 4.69) is 10.1 Å². The largest absolute Gasteiger partial charge is 0.360 e. The summed E-state index contributed by atoms with van der Waals surface area (Å²) in [6.45, 7) is 4.13. The van der Waals surface area contributed by atoms with E-state index in [1.807, 2.05) is 13.0 Å². The Balaban J connectivity index is 1.93. The molecule has 2 heterocycles. The predicted octanol–water partition coefficient (Wildman–Crippen LogP) is 1.15. The number of aryl methyl sites for hydroxylation is 1. The second-order valence-corrected chi connectivity index (χ2v) is 3.79. The molecule has 1 fully saturated rings. The molecule has 0 atom stereocenters. The number of hydrogen-bond donors (Lipinski definition) is 0. The number of likely N-dealkylation sites (tertiary alicyclic amines) is 1. The quantitative estimate of drug-likeness (QED) is 0.708. The summed E-state index contributed by atoms with van der Waals surface area (Å²) in [4.78, 5) is 13.3. The second kappa shape index (κ2) is 3.92. The summed E-state index contributed by atoms with van der Waals surface area (Å²) in [6, 6.07) is 1.92. The zero-order chi connectivity index (χ0) is 9.97. The standard InChI is InChI=1S/C10H14N2O2/c1-8-5-10(14-11-8)7-12-4-2-3-9(13)6-12/h5H,2-4,6-7H2,1H3. The third-order valence-corrected chi connectivity index (χ3v) is 2.39. The highest BCUT2D eigenvalue weighted by Gasteiger charge is 2.17. The normalized spacial score (nSPS) is 18.8. The molecule has 0 N–H and O–H groups in total. The molecule has 0 amide bonds. The van der Waals surface area contributed by atoms with Gasteiger partial charge in [-0.05, 0) is 19.9 Å². The predicted molar refractivity (Wildman–Crippen MR) is 50.8 cm³/mol. The Bertz CT molecular complexity index is 333. The summed E-state index contributed by atoms with van der Waals surface area (Å²) >= 11 is 0. The van der Waals surface area contributed by atoms with Crippen LogP contribution in [0.3, 0.4) is 0 Å². The molecule has 1 aromatic rings. The maximum absolute atomic E-state index is 11.2. The lowest BCUT2D eigenvalue weighted by molar-refractivity contribution is -0.122. The van der Waals surface area contributed by atoms with Crippen LogP contribution in [0.1, 0.15) is 24.3 Å². The molecule has 0 aliphatic carbocycles. The second-order valence-electron chi connectivity index (χ2n) is 3.79. The number of Topliss-reactive ketones (excluding diaryl/α,β-unsaturated/α-hetero) is 1. The monoisotopic (exact) mass is 194 g/mol. The fourth-order valence-corrected chi connectivity index (χ4v) is 1.75. The molecule has 0 saturated carbocycles.